The number of carbonyl (C=O) groups is 1. The second kappa shape index (κ2) is 8.77. The Bertz CT molecular complexity index is 696. The molecular weight excluding hydrogens is 302 g/mol. The lowest BCUT2D eigenvalue weighted by atomic mass is 10.0. The van der Waals surface area contributed by atoms with Crippen molar-refractivity contribution in [3.63, 3.8) is 0 Å². The van der Waals surface area contributed by atoms with E-state index in [-0.39, 0.29) is 5.91 Å². The Morgan fingerprint density at radius 2 is 1.92 bits per heavy atom. The van der Waals surface area contributed by atoms with E-state index in [1.54, 1.807) is 26.4 Å². The summed E-state index contributed by atoms with van der Waals surface area (Å²) in [5, 5.41) is 2.94. The van der Waals surface area contributed by atoms with Crippen LogP contribution in [-0.2, 0) is 12.8 Å². The zero-order valence-electron chi connectivity index (χ0n) is 14.2. The molecular formula is C20H23NO3. The standard InChI is InChI=1S/C20H23NO3/c1-4-8-16-13-17(14-18(23-2)19(16)24-3)20(22)21-12-11-15-9-6-5-7-10-15/h4-7,9-10,13-14H,1,8,11-12H2,2-3H3,(H,21,22). The number of hydrogen-bond acceptors (Lipinski definition) is 3. The van der Waals surface area contributed by atoms with E-state index in [4.69, 9.17) is 9.47 Å². The minimum Gasteiger partial charge on any atom is -0.493 e. The van der Waals surface area contributed by atoms with Gasteiger partial charge in [0, 0.05) is 17.7 Å². The van der Waals surface area contributed by atoms with Gasteiger partial charge in [-0.05, 0) is 30.5 Å². The molecule has 0 aromatic heterocycles. The number of benzene rings is 2. The summed E-state index contributed by atoms with van der Waals surface area (Å²) in [6, 6.07) is 13.6. The van der Waals surface area contributed by atoms with Crippen LogP contribution < -0.4 is 14.8 Å². The molecule has 126 valence electrons. The molecule has 2 aromatic carbocycles. The molecule has 0 unspecified atom stereocenters. The quantitative estimate of drug-likeness (QED) is 0.757. The van der Waals surface area contributed by atoms with Crippen LogP contribution in [0, 0.1) is 0 Å². The van der Waals surface area contributed by atoms with Crippen molar-refractivity contribution in [1.29, 1.82) is 0 Å². The molecule has 4 nitrogen and oxygen atoms in total. The van der Waals surface area contributed by atoms with E-state index in [9.17, 15) is 4.79 Å². The number of hydrogen-bond donors (Lipinski definition) is 1. The van der Waals surface area contributed by atoms with Crippen LogP contribution in [0.25, 0.3) is 0 Å². The third-order valence-corrected chi connectivity index (χ3v) is 3.72. The molecule has 0 fully saturated rings. The minimum atomic E-state index is -0.128. The second-order valence-electron chi connectivity index (χ2n) is 5.36. The molecule has 0 saturated heterocycles. The molecule has 0 radical (unpaired) electrons. The number of rotatable bonds is 8. The van der Waals surface area contributed by atoms with Crippen LogP contribution in [0.4, 0.5) is 0 Å². The maximum absolute atomic E-state index is 12.4. The fraction of sp³-hybridized carbons (Fsp3) is 0.250. The Kier molecular flexibility index (Phi) is 6.43. The normalized spacial score (nSPS) is 10.1. The molecule has 0 spiro atoms. The Hall–Kier alpha value is -2.75. The molecule has 0 aliphatic carbocycles. The van der Waals surface area contributed by atoms with Gasteiger partial charge < -0.3 is 14.8 Å². The predicted octanol–water partition coefficient (Wildman–Crippen LogP) is 3.40. The Labute approximate surface area is 143 Å². The molecule has 2 rings (SSSR count). The van der Waals surface area contributed by atoms with E-state index in [1.165, 1.54) is 5.56 Å². The molecule has 4 heteroatoms. The van der Waals surface area contributed by atoms with Gasteiger partial charge in [0.2, 0.25) is 0 Å². The van der Waals surface area contributed by atoms with Crippen LogP contribution in [0.2, 0.25) is 0 Å². The van der Waals surface area contributed by atoms with Crippen molar-refractivity contribution in [1.82, 2.24) is 5.32 Å². The van der Waals surface area contributed by atoms with E-state index >= 15 is 0 Å². The van der Waals surface area contributed by atoms with Gasteiger partial charge >= 0.3 is 0 Å². The van der Waals surface area contributed by atoms with Gasteiger partial charge in [0.05, 0.1) is 14.2 Å². The van der Waals surface area contributed by atoms with Crippen LogP contribution in [0.15, 0.2) is 55.1 Å². The number of nitrogens with one attached hydrogen (secondary N) is 1. The molecule has 0 heterocycles. The van der Waals surface area contributed by atoms with Gasteiger partial charge in [0.25, 0.3) is 5.91 Å². The van der Waals surface area contributed by atoms with Gasteiger partial charge in [0.1, 0.15) is 0 Å². The zero-order chi connectivity index (χ0) is 17.4. The second-order valence-corrected chi connectivity index (χ2v) is 5.36. The van der Waals surface area contributed by atoms with Gasteiger partial charge in [-0.2, -0.15) is 0 Å². The number of methoxy groups -OCH3 is 2. The van der Waals surface area contributed by atoms with E-state index in [0.29, 0.717) is 30.0 Å². The topological polar surface area (TPSA) is 47.6 Å². The smallest absolute Gasteiger partial charge is 0.251 e. The minimum absolute atomic E-state index is 0.128. The maximum atomic E-state index is 12.4. The molecule has 24 heavy (non-hydrogen) atoms. The highest BCUT2D eigenvalue weighted by molar-refractivity contribution is 5.95. The lowest BCUT2D eigenvalue weighted by Gasteiger charge is -2.14. The summed E-state index contributed by atoms with van der Waals surface area (Å²) in [5.74, 6) is 1.06. The van der Waals surface area contributed by atoms with Crippen molar-refractivity contribution in [3.8, 4) is 11.5 Å². The van der Waals surface area contributed by atoms with Gasteiger partial charge in [-0.3, -0.25) is 4.79 Å². The molecule has 0 aliphatic heterocycles. The largest absolute Gasteiger partial charge is 0.493 e. The molecule has 2 aromatic rings. The van der Waals surface area contributed by atoms with Crippen molar-refractivity contribution in [2.24, 2.45) is 0 Å². The van der Waals surface area contributed by atoms with E-state index in [2.05, 4.69) is 11.9 Å². The number of carbonyl (C=O) groups excluding carboxylic acids is 1. The first-order valence-electron chi connectivity index (χ1n) is 7.87. The monoisotopic (exact) mass is 325 g/mol. The lowest BCUT2D eigenvalue weighted by molar-refractivity contribution is 0.0953. The number of allylic oxidation sites excluding steroid dienone is 1. The first kappa shape index (κ1) is 17.6. The first-order valence-corrected chi connectivity index (χ1v) is 7.87. The lowest BCUT2D eigenvalue weighted by Crippen LogP contribution is -2.25. The summed E-state index contributed by atoms with van der Waals surface area (Å²) >= 11 is 0. The van der Waals surface area contributed by atoms with Crippen LogP contribution >= 0.6 is 0 Å². The van der Waals surface area contributed by atoms with Gasteiger partial charge in [-0.25, -0.2) is 0 Å². The van der Waals surface area contributed by atoms with E-state index in [1.807, 2.05) is 36.4 Å². The summed E-state index contributed by atoms with van der Waals surface area (Å²) in [5.41, 5.74) is 2.62. The molecule has 0 aliphatic rings. The third kappa shape index (κ3) is 4.38. The Balaban J connectivity index is 2.10. The predicted molar refractivity (Wildman–Crippen MR) is 95.9 cm³/mol. The molecule has 0 atom stereocenters. The van der Waals surface area contributed by atoms with Crippen LogP contribution in [0.3, 0.4) is 0 Å². The third-order valence-electron chi connectivity index (χ3n) is 3.72. The SMILES string of the molecule is C=CCc1cc(C(=O)NCCc2ccccc2)cc(OC)c1OC. The van der Waals surface area contributed by atoms with Gasteiger partial charge in [0.15, 0.2) is 11.5 Å². The first-order chi connectivity index (χ1) is 11.7. The average Bonchev–Trinajstić information content (AvgIpc) is 2.62. The Morgan fingerprint density at radius 1 is 1.17 bits per heavy atom. The van der Waals surface area contributed by atoms with E-state index in [0.717, 1.165) is 12.0 Å². The highest BCUT2D eigenvalue weighted by atomic mass is 16.5. The van der Waals surface area contributed by atoms with Crippen molar-refractivity contribution in [2.45, 2.75) is 12.8 Å². The fourth-order valence-electron chi connectivity index (χ4n) is 2.55. The van der Waals surface area contributed by atoms with Gasteiger partial charge in [-0.1, -0.05) is 36.4 Å². The van der Waals surface area contributed by atoms with Crippen LogP contribution in [0.5, 0.6) is 11.5 Å². The van der Waals surface area contributed by atoms with Gasteiger partial charge in [-0.15, -0.1) is 6.58 Å². The molecule has 0 bridgehead atoms. The Morgan fingerprint density at radius 3 is 2.54 bits per heavy atom. The number of amides is 1. The summed E-state index contributed by atoms with van der Waals surface area (Å²) < 4.78 is 10.7. The van der Waals surface area contributed by atoms with Crippen molar-refractivity contribution < 1.29 is 14.3 Å². The van der Waals surface area contributed by atoms with E-state index < -0.39 is 0 Å². The average molecular weight is 325 g/mol. The summed E-state index contributed by atoms with van der Waals surface area (Å²) in [4.78, 5) is 12.4. The molecule has 0 saturated carbocycles. The summed E-state index contributed by atoms with van der Waals surface area (Å²) in [6.45, 7) is 4.33. The highest BCUT2D eigenvalue weighted by Crippen LogP contribution is 2.33. The van der Waals surface area contributed by atoms with Crippen LogP contribution in [-0.4, -0.2) is 26.7 Å². The number of ether oxygens (including phenoxy) is 2. The fourth-order valence-corrected chi connectivity index (χ4v) is 2.55. The van der Waals surface area contributed by atoms with Crippen molar-refractivity contribution >= 4 is 5.91 Å². The maximum Gasteiger partial charge on any atom is 0.251 e. The van der Waals surface area contributed by atoms with Crippen LogP contribution in [0.1, 0.15) is 21.5 Å². The van der Waals surface area contributed by atoms with Crippen molar-refractivity contribution in [3.05, 3.63) is 71.8 Å². The van der Waals surface area contributed by atoms with Crippen molar-refractivity contribution in [2.75, 3.05) is 20.8 Å². The zero-order valence-corrected chi connectivity index (χ0v) is 14.2. The molecule has 1 N–H and O–H groups in total. The summed E-state index contributed by atoms with van der Waals surface area (Å²) in [7, 11) is 3.15. The molecule has 1 amide bonds. The summed E-state index contributed by atoms with van der Waals surface area (Å²) in [6.07, 6.45) is 3.17. The highest BCUT2D eigenvalue weighted by Gasteiger charge is 2.15.